The molecule has 1 unspecified atom stereocenters. The van der Waals surface area contributed by atoms with Crippen LogP contribution in [-0.4, -0.2) is 38.1 Å². The fourth-order valence-corrected chi connectivity index (χ4v) is 3.29. The Bertz CT molecular complexity index is 501. The highest BCUT2D eigenvalue weighted by atomic mass is 16.5. The molecule has 0 N–H and O–H groups in total. The van der Waals surface area contributed by atoms with Crippen LogP contribution in [0.15, 0.2) is 18.2 Å². The van der Waals surface area contributed by atoms with Crippen LogP contribution in [0.25, 0.3) is 0 Å². The van der Waals surface area contributed by atoms with Crippen molar-refractivity contribution >= 4 is 11.6 Å². The third kappa shape index (κ3) is 1.95. The van der Waals surface area contributed by atoms with E-state index in [1.54, 1.807) is 7.11 Å². The van der Waals surface area contributed by atoms with Gasteiger partial charge >= 0.3 is 0 Å². The van der Waals surface area contributed by atoms with Gasteiger partial charge < -0.3 is 14.5 Å². The van der Waals surface area contributed by atoms with Gasteiger partial charge in [0.1, 0.15) is 5.75 Å². The van der Waals surface area contributed by atoms with Crippen LogP contribution in [0.3, 0.4) is 0 Å². The number of likely N-dealkylation sites (tertiary alicyclic amines) is 1. The summed E-state index contributed by atoms with van der Waals surface area (Å²) in [5.41, 5.74) is 2.37. The predicted molar refractivity (Wildman–Crippen MR) is 74.6 cm³/mol. The fraction of sp³-hybridized carbons (Fsp3) is 0.533. The number of ether oxygens (including phenoxy) is 1. The van der Waals surface area contributed by atoms with Crippen molar-refractivity contribution in [2.75, 3.05) is 32.1 Å². The molecule has 1 fully saturated rings. The summed E-state index contributed by atoms with van der Waals surface area (Å²) in [6.45, 7) is 1.85. The molecule has 102 valence electrons. The van der Waals surface area contributed by atoms with Gasteiger partial charge in [-0.05, 0) is 18.9 Å². The van der Waals surface area contributed by atoms with Gasteiger partial charge in [-0.3, -0.25) is 4.79 Å². The number of methoxy groups -OCH3 is 1. The zero-order valence-electron chi connectivity index (χ0n) is 11.6. The van der Waals surface area contributed by atoms with Crippen molar-refractivity contribution in [1.29, 1.82) is 0 Å². The molecule has 0 radical (unpaired) electrons. The van der Waals surface area contributed by atoms with Crippen molar-refractivity contribution in [3.05, 3.63) is 23.8 Å². The first kappa shape index (κ1) is 12.3. The molecule has 1 amide bonds. The molecular weight excluding hydrogens is 240 g/mol. The summed E-state index contributed by atoms with van der Waals surface area (Å²) >= 11 is 0. The van der Waals surface area contributed by atoms with Gasteiger partial charge in [0.05, 0.1) is 18.8 Å². The van der Waals surface area contributed by atoms with E-state index < -0.39 is 0 Å². The van der Waals surface area contributed by atoms with Gasteiger partial charge in [0.25, 0.3) is 0 Å². The highest BCUT2D eigenvalue weighted by molar-refractivity contribution is 5.79. The number of fused-ring (bicyclic) bond motifs is 1. The van der Waals surface area contributed by atoms with Crippen LogP contribution in [0.4, 0.5) is 5.69 Å². The monoisotopic (exact) mass is 260 g/mol. The van der Waals surface area contributed by atoms with Crippen LogP contribution in [0.1, 0.15) is 30.9 Å². The molecule has 0 saturated carbocycles. The second kappa shape index (κ2) is 4.76. The Morgan fingerprint density at radius 2 is 2.16 bits per heavy atom. The van der Waals surface area contributed by atoms with Gasteiger partial charge in [-0.1, -0.05) is 12.1 Å². The van der Waals surface area contributed by atoms with E-state index >= 15 is 0 Å². The lowest BCUT2D eigenvalue weighted by Gasteiger charge is -2.38. The Hall–Kier alpha value is -1.71. The van der Waals surface area contributed by atoms with Crippen LogP contribution in [0.2, 0.25) is 0 Å². The number of para-hydroxylation sites is 1. The van der Waals surface area contributed by atoms with Gasteiger partial charge in [-0.2, -0.15) is 0 Å². The lowest BCUT2D eigenvalue weighted by Crippen LogP contribution is -2.37. The number of hydrogen-bond donors (Lipinski definition) is 0. The number of carbonyl (C=O) groups excluding carboxylic acids is 1. The summed E-state index contributed by atoms with van der Waals surface area (Å²) in [6.07, 6.45) is 2.69. The molecule has 0 spiro atoms. The molecule has 1 aromatic carbocycles. The molecule has 0 bridgehead atoms. The van der Waals surface area contributed by atoms with Crippen molar-refractivity contribution in [3.63, 3.8) is 0 Å². The zero-order valence-corrected chi connectivity index (χ0v) is 11.6. The summed E-state index contributed by atoms with van der Waals surface area (Å²) in [5.74, 6) is 1.19. The van der Waals surface area contributed by atoms with Gasteiger partial charge in [0.15, 0.2) is 0 Å². The van der Waals surface area contributed by atoms with Gasteiger partial charge in [0.2, 0.25) is 5.91 Å². The van der Waals surface area contributed by atoms with Crippen molar-refractivity contribution in [2.45, 2.75) is 25.3 Å². The Kier molecular flexibility index (Phi) is 3.09. The first-order valence-corrected chi connectivity index (χ1v) is 6.90. The minimum Gasteiger partial charge on any atom is -0.495 e. The normalized spacial score (nSPS) is 22.6. The Morgan fingerprint density at radius 1 is 1.32 bits per heavy atom. The lowest BCUT2D eigenvalue weighted by atomic mass is 9.95. The summed E-state index contributed by atoms with van der Waals surface area (Å²) in [4.78, 5) is 16.3. The zero-order chi connectivity index (χ0) is 13.4. The van der Waals surface area contributed by atoms with E-state index in [4.69, 9.17) is 4.74 Å². The van der Waals surface area contributed by atoms with E-state index in [2.05, 4.69) is 18.0 Å². The van der Waals surface area contributed by atoms with Crippen LogP contribution < -0.4 is 9.64 Å². The molecule has 19 heavy (non-hydrogen) atoms. The minimum atomic E-state index is 0.219. The molecular formula is C15H20N2O2. The molecule has 2 aliphatic rings. The first-order valence-electron chi connectivity index (χ1n) is 6.90. The number of amides is 1. The van der Waals surface area contributed by atoms with Crippen molar-refractivity contribution in [3.8, 4) is 5.75 Å². The summed E-state index contributed by atoms with van der Waals surface area (Å²) in [5, 5.41) is 0. The fourth-order valence-electron chi connectivity index (χ4n) is 3.29. The van der Waals surface area contributed by atoms with Gasteiger partial charge in [0, 0.05) is 32.1 Å². The summed E-state index contributed by atoms with van der Waals surface area (Å²) in [7, 11) is 3.79. The molecule has 1 saturated heterocycles. The molecule has 3 rings (SSSR count). The topological polar surface area (TPSA) is 32.8 Å². The maximum atomic E-state index is 12.0. The van der Waals surface area contributed by atoms with Crippen LogP contribution >= 0.6 is 0 Å². The Morgan fingerprint density at radius 3 is 2.84 bits per heavy atom. The molecule has 4 heteroatoms. The molecule has 1 atom stereocenters. The average molecular weight is 260 g/mol. The van der Waals surface area contributed by atoms with Crippen LogP contribution in [0.5, 0.6) is 5.75 Å². The molecule has 2 heterocycles. The average Bonchev–Trinajstić information content (AvgIpc) is 2.85. The van der Waals surface area contributed by atoms with Gasteiger partial charge in [-0.25, -0.2) is 0 Å². The third-order valence-electron chi connectivity index (χ3n) is 4.22. The van der Waals surface area contributed by atoms with Gasteiger partial charge in [-0.15, -0.1) is 0 Å². The highest BCUT2D eigenvalue weighted by Crippen LogP contribution is 2.43. The minimum absolute atomic E-state index is 0.219. The largest absolute Gasteiger partial charge is 0.495 e. The van der Waals surface area contributed by atoms with Crippen LogP contribution in [0, 0.1) is 0 Å². The number of nitrogens with zero attached hydrogens (tertiary/aromatic N) is 2. The second-order valence-electron chi connectivity index (χ2n) is 5.31. The van der Waals surface area contributed by atoms with Crippen LogP contribution in [-0.2, 0) is 4.79 Å². The Labute approximate surface area is 113 Å². The molecule has 4 nitrogen and oxygen atoms in total. The maximum Gasteiger partial charge on any atom is 0.223 e. The van der Waals surface area contributed by atoms with E-state index in [9.17, 15) is 4.79 Å². The molecule has 1 aromatic rings. The first-order chi connectivity index (χ1) is 9.22. The Balaban J connectivity index is 2.03. The third-order valence-corrected chi connectivity index (χ3v) is 4.22. The molecule has 2 aliphatic heterocycles. The molecule has 0 aromatic heterocycles. The van der Waals surface area contributed by atoms with Crippen molar-refractivity contribution < 1.29 is 9.53 Å². The van der Waals surface area contributed by atoms with E-state index in [0.717, 1.165) is 37.4 Å². The quantitative estimate of drug-likeness (QED) is 0.817. The van der Waals surface area contributed by atoms with Crippen molar-refractivity contribution in [1.82, 2.24) is 4.90 Å². The number of benzene rings is 1. The predicted octanol–water partition coefficient (Wildman–Crippen LogP) is 2.20. The van der Waals surface area contributed by atoms with Crippen molar-refractivity contribution in [2.24, 2.45) is 0 Å². The number of hydrogen-bond acceptors (Lipinski definition) is 3. The number of carbonyl (C=O) groups is 1. The summed E-state index contributed by atoms with van der Waals surface area (Å²) < 4.78 is 5.48. The highest BCUT2D eigenvalue weighted by Gasteiger charge is 2.34. The lowest BCUT2D eigenvalue weighted by molar-refractivity contribution is -0.130. The molecule has 0 aliphatic carbocycles. The van der Waals surface area contributed by atoms with E-state index in [1.165, 1.54) is 5.56 Å². The second-order valence-corrected chi connectivity index (χ2v) is 5.31. The smallest absolute Gasteiger partial charge is 0.223 e. The van der Waals surface area contributed by atoms with E-state index in [-0.39, 0.29) is 6.04 Å². The van der Waals surface area contributed by atoms with E-state index in [1.807, 2.05) is 17.0 Å². The summed E-state index contributed by atoms with van der Waals surface area (Å²) in [6, 6.07) is 6.36. The maximum absolute atomic E-state index is 12.0. The number of rotatable bonds is 2. The standard InChI is InChI=1S/C15H20N2O2/c1-16-10-8-12(17-9-4-7-14(17)18)11-5-3-6-13(19-2)15(11)16/h3,5-6,12H,4,7-10H2,1-2H3. The van der Waals surface area contributed by atoms with E-state index in [0.29, 0.717) is 12.3 Å². The SMILES string of the molecule is COc1cccc2c1N(C)CCC2N1CCCC1=O. The number of anilines is 1.